The number of carbonyl (C=O) groups excluding carboxylic acids is 2. The van der Waals surface area contributed by atoms with Crippen molar-refractivity contribution >= 4 is 11.6 Å². The SMILES string of the molecule is CCN(CCC(=O)c1ccc(Oc2ccc(F)cc2)cc1)CCC(=O)c1ccc(Oc2ccc(F)cc2)cc1. The monoisotopic (exact) mass is 529 g/mol. The Morgan fingerprint density at radius 2 is 0.872 bits per heavy atom. The number of Topliss-reactive ketones (excluding diaryl/α,β-unsaturated/α-hetero) is 2. The minimum Gasteiger partial charge on any atom is -0.457 e. The van der Waals surface area contributed by atoms with Crippen LogP contribution in [0, 0.1) is 11.6 Å². The highest BCUT2D eigenvalue weighted by atomic mass is 19.1. The van der Waals surface area contributed by atoms with Crippen molar-refractivity contribution in [2.24, 2.45) is 0 Å². The summed E-state index contributed by atoms with van der Waals surface area (Å²) in [5.41, 5.74) is 1.16. The van der Waals surface area contributed by atoms with Crippen LogP contribution in [0.1, 0.15) is 40.5 Å². The van der Waals surface area contributed by atoms with Gasteiger partial charge in [0.05, 0.1) is 0 Å². The summed E-state index contributed by atoms with van der Waals surface area (Å²) in [7, 11) is 0. The van der Waals surface area contributed by atoms with Gasteiger partial charge in [-0.2, -0.15) is 0 Å². The summed E-state index contributed by atoms with van der Waals surface area (Å²) in [5.74, 6) is 1.48. The first-order valence-corrected chi connectivity index (χ1v) is 12.8. The molecular formula is C32H29F2NO4. The molecule has 4 aromatic carbocycles. The maximum atomic E-state index is 13.0. The van der Waals surface area contributed by atoms with E-state index in [-0.39, 0.29) is 23.2 Å². The second kappa shape index (κ2) is 13.4. The predicted molar refractivity (Wildman–Crippen MR) is 146 cm³/mol. The zero-order chi connectivity index (χ0) is 27.6. The second-order valence-electron chi connectivity index (χ2n) is 8.94. The molecule has 7 heteroatoms. The molecule has 0 aliphatic carbocycles. The summed E-state index contributed by atoms with van der Waals surface area (Å²) in [6.07, 6.45) is 0.658. The van der Waals surface area contributed by atoms with Crippen molar-refractivity contribution in [3.05, 3.63) is 120 Å². The smallest absolute Gasteiger partial charge is 0.164 e. The third-order valence-corrected chi connectivity index (χ3v) is 6.21. The van der Waals surface area contributed by atoms with Crippen molar-refractivity contribution in [1.82, 2.24) is 4.90 Å². The van der Waals surface area contributed by atoms with Gasteiger partial charge in [-0.05, 0) is 104 Å². The Morgan fingerprint density at radius 1 is 0.564 bits per heavy atom. The minimum absolute atomic E-state index is 0.00449. The molecule has 0 amide bonds. The van der Waals surface area contributed by atoms with Gasteiger partial charge in [0.25, 0.3) is 0 Å². The van der Waals surface area contributed by atoms with Crippen LogP contribution in [-0.4, -0.2) is 36.1 Å². The number of ether oxygens (including phenoxy) is 2. The van der Waals surface area contributed by atoms with E-state index in [1.807, 2.05) is 6.92 Å². The van der Waals surface area contributed by atoms with Crippen LogP contribution in [0.4, 0.5) is 8.78 Å². The highest BCUT2D eigenvalue weighted by Gasteiger charge is 2.13. The zero-order valence-corrected chi connectivity index (χ0v) is 21.6. The first-order valence-electron chi connectivity index (χ1n) is 12.8. The topological polar surface area (TPSA) is 55.8 Å². The number of halogens is 2. The fraction of sp³-hybridized carbons (Fsp3) is 0.188. The molecule has 0 spiro atoms. The van der Waals surface area contributed by atoms with E-state index in [0.29, 0.717) is 60.1 Å². The molecule has 4 aromatic rings. The van der Waals surface area contributed by atoms with Gasteiger partial charge in [0, 0.05) is 37.1 Å². The van der Waals surface area contributed by atoms with Gasteiger partial charge in [-0.3, -0.25) is 9.59 Å². The molecule has 0 fully saturated rings. The van der Waals surface area contributed by atoms with E-state index in [4.69, 9.17) is 9.47 Å². The normalized spacial score (nSPS) is 10.9. The fourth-order valence-electron chi connectivity index (χ4n) is 3.93. The van der Waals surface area contributed by atoms with Gasteiger partial charge in [0.15, 0.2) is 11.6 Å². The first-order chi connectivity index (χ1) is 18.9. The minimum atomic E-state index is -0.336. The lowest BCUT2D eigenvalue weighted by atomic mass is 10.1. The van der Waals surface area contributed by atoms with E-state index < -0.39 is 0 Å². The molecule has 0 bridgehead atoms. The van der Waals surface area contributed by atoms with Crippen LogP contribution in [-0.2, 0) is 0 Å². The lowest BCUT2D eigenvalue weighted by Crippen LogP contribution is -2.28. The lowest BCUT2D eigenvalue weighted by Gasteiger charge is -2.19. The molecule has 0 N–H and O–H groups in total. The Morgan fingerprint density at radius 3 is 1.18 bits per heavy atom. The van der Waals surface area contributed by atoms with Crippen molar-refractivity contribution in [3.8, 4) is 23.0 Å². The Hall–Kier alpha value is -4.36. The van der Waals surface area contributed by atoms with Crippen molar-refractivity contribution in [2.75, 3.05) is 19.6 Å². The summed E-state index contributed by atoms with van der Waals surface area (Å²) in [4.78, 5) is 27.5. The number of rotatable bonds is 13. The molecule has 200 valence electrons. The quantitative estimate of drug-likeness (QED) is 0.166. The van der Waals surface area contributed by atoms with E-state index in [2.05, 4.69) is 4.90 Å². The largest absolute Gasteiger partial charge is 0.457 e. The van der Waals surface area contributed by atoms with Crippen molar-refractivity contribution in [1.29, 1.82) is 0 Å². The molecule has 39 heavy (non-hydrogen) atoms. The van der Waals surface area contributed by atoms with Gasteiger partial charge in [0.1, 0.15) is 34.6 Å². The van der Waals surface area contributed by atoms with Gasteiger partial charge in [-0.1, -0.05) is 6.92 Å². The number of ketones is 2. The molecule has 0 unspecified atom stereocenters. The number of hydrogen-bond donors (Lipinski definition) is 0. The molecule has 0 aliphatic rings. The number of hydrogen-bond acceptors (Lipinski definition) is 5. The van der Waals surface area contributed by atoms with Crippen molar-refractivity contribution < 1.29 is 27.8 Å². The molecule has 0 atom stereocenters. The predicted octanol–water partition coefficient (Wildman–Crippen LogP) is 7.72. The lowest BCUT2D eigenvalue weighted by molar-refractivity contribution is 0.0949. The molecule has 0 radical (unpaired) electrons. The van der Waals surface area contributed by atoms with Crippen LogP contribution in [0.25, 0.3) is 0 Å². The van der Waals surface area contributed by atoms with Gasteiger partial charge in [-0.25, -0.2) is 8.78 Å². The fourth-order valence-corrected chi connectivity index (χ4v) is 3.93. The van der Waals surface area contributed by atoms with Crippen LogP contribution < -0.4 is 9.47 Å². The van der Waals surface area contributed by atoms with Gasteiger partial charge in [0.2, 0.25) is 0 Å². The summed E-state index contributed by atoms with van der Waals surface area (Å²) in [6, 6.07) is 25.1. The zero-order valence-electron chi connectivity index (χ0n) is 21.6. The van der Waals surface area contributed by atoms with Gasteiger partial charge in [-0.15, -0.1) is 0 Å². The molecule has 4 rings (SSSR count). The van der Waals surface area contributed by atoms with Crippen molar-refractivity contribution in [3.63, 3.8) is 0 Å². The molecule has 5 nitrogen and oxygen atoms in total. The molecule has 0 aliphatic heterocycles. The Kier molecular flexibility index (Phi) is 9.53. The molecule has 0 aromatic heterocycles. The Bertz CT molecular complexity index is 1260. The van der Waals surface area contributed by atoms with E-state index in [1.165, 1.54) is 48.5 Å². The van der Waals surface area contributed by atoms with Gasteiger partial charge >= 0.3 is 0 Å². The molecular weight excluding hydrogens is 500 g/mol. The third kappa shape index (κ3) is 8.32. The Balaban J connectivity index is 1.22. The van der Waals surface area contributed by atoms with E-state index >= 15 is 0 Å². The number of nitrogens with zero attached hydrogens (tertiary/aromatic N) is 1. The van der Waals surface area contributed by atoms with Crippen LogP contribution in [0.3, 0.4) is 0 Å². The van der Waals surface area contributed by atoms with Crippen molar-refractivity contribution in [2.45, 2.75) is 19.8 Å². The molecule has 0 saturated heterocycles. The average Bonchev–Trinajstić information content (AvgIpc) is 2.96. The standard InChI is InChI=1S/C32H29F2NO4/c1-2-35(21-19-31(36)23-3-11-27(12-4-23)38-29-15-7-25(33)8-16-29)22-20-32(37)24-5-13-28(14-6-24)39-30-17-9-26(34)10-18-30/h3-18H,2,19-22H2,1H3. The van der Waals surface area contributed by atoms with Crippen LogP contribution in [0.5, 0.6) is 23.0 Å². The van der Waals surface area contributed by atoms with E-state index in [9.17, 15) is 18.4 Å². The summed E-state index contributed by atoms with van der Waals surface area (Å²) in [6.45, 7) is 3.80. The van der Waals surface area contributed by atoms with Crippen LogP contribution >= 0.6 is 0 Å². The van der Waals surface area contributed by atoms with Crippen LogP contribution in [0.2, 0.25) is 0 Å². The number of carbonyl (C=O) groups is 2. The maximum absolute atomic E-state index is 13.0. The highest BCUT2D eigenvalue weighted by molar-refractivity contribution is 5.97. The third-order valence-electron chi connectivity index (χ3n) is 6.21. The maximum Gasteiger partial charge on any atom is 0.164 e. The summed E-state index contributed by atoms with van der Waals surface area (Å²) < 4.78 is 37.4. The molecule has 0 heterocycles. The van der Waals surface area contributed by atoms with E-state index in [1.54, 1.807) is 48.5 Å². The second-order valence-corrected chi connectivity index (χ2v) is 8.94. The Labute approximate surface area is 226 Å². The average molecular weight is 530 g/mol. The van der Waals surface area contributed by atoms with Gasteiger partial charge < -0.3 is 14.4 Å². The number of benzene rings is 4. The highest BCUT2D eigenvalue weighted by Crippen LogP contribution is 2.23. The first kappa shape index (κ1) is 27.7. The van der Waals surface area contributed by atoms with Crippen LogP contribution in [0.15, 0.2) is 97.1 Å². The summed E-state index contributed by atoms with van der Waals surface area (Å²) >= 11 is 0. The van der Waals surface area contributed by atoms with E-state index in [0.717, 1.165) is 6.54 Å². The summed E-state index contributed by atoms with van der Waals surface area (Å²) in [5, 5.41) is 0. The molecule has 0 saturated carbocycles.